The zero-order chi connectivity index (χ0) is 24.5. The van der Waals surface area contributed by atoms with Gasteiger partial charge in [-0.25, -0.2) is 17.9 Å². The molecule has 3 N–H and O–H groups in total. The Balaban J connectivity index is 2.10. The van der Waals surface area contributed by atoms with Crippen molar-refractivity contribution in [2.24, 2.45) is 0 Å². The molecule has 0 aliphatic carbocycles. The van der Waals surface area contributed by atoms with Gasteiger partial charge in [-0.2, -0.15) is 0 Å². The maximum Gasteiger partial charge on any atom is 0.407 e. The molecule has 0 saturated carbocycles. The first-order valence-corrected chi connectivity index (χ1v) is 11.1. The number of rotatable bonds is 12. The third-order valence-electron chi connectivity index (χ3n) is 4.54. The number of para-hydroxylation sites is 1. The van der Waals surface area contributed by atoms with Gasteiger partial charge in [0.05, 0.1) is 11.5 Å². The largest absolute Gasteiger partial charge is 0.445 e. The van der Waals surface area contributed by atoms with E-state index < -0.39 is 56.6 Å². The molecule has 0 spiro atoms. The van der Waals surface area contributed by atoms with E-state index in [9.17, 15) is 28.4 Å². The molecule has 2 aromatic carbocycles. The van der Waals surface area contributed by atoms with Crippen LogP contribution in [0.2, 0.25) is 0 Å². The maximum atomic E-state index is 12.7. The molecule has 1 amide bonds. The second-order valence-corrected chi connectivity index (χ2v) is 8.61. The van der Waals surface area contributed by atoms with Crippen LogP contribution >= 0.6 is 0 Å². The number of ether oxygens (including phenoxy) is 3. The van der Waals surface area contributed by atoms with Gasteiger partial charge in [-0.1, -0.05) is 42.5 Å². The zero-order valence-electron chi connectivity index (χ0n) is 18.0. The van der Waals surface area contributed by atoms with Crippen molar-refractivity contribution in [3.05, 3.63) is 70.3 Å². The second-order valence-electron chi connectivity index (χ2n) is 6.87. The van der Waals surface area contributed by atoms with Crippen LogP contribution in [-0.4, -0.2) is 63.7 Å². The van der Waals surface area contributed by atoms with Crippen LogP contribution < -0.4 is 10.0 Å². The highest BCUT2D eigenvalue weighted by molar-refractivity contribution is 7.89. The molecule has 0 aliphatic heterocycles. The molecule has 12 nitrogen and oxygen atoms in total. The normalized spacial score (nSPS) is 13.3. The number of carbonyl (C=O) groups excluding carboxylic acids is 1. The van der Waals surface area contributed by atoms with Crippen LogP contribution in [-0.2, 0) is 30.8 Å². The number of aliphatic hydroxyl groups is 1. The molecule has 2 aromatic rings. The summed E-state index contributed by atoms with van der Waals surface area (Å²) in [5.74, 6) is 0. The van der Waals surface area contributed by atoms with E-state index in [0.29, 0.717) is 0 Å². The second kappa shape index (κ2) is 11.7. The van der Waals surface area contributed by atoms with Crippen LogP contribution in [0.1, 0.15) is 5.56 Å². The van der Waals surface area contributed by atoms with Crippen LogP contribution in [0.4, 0.5) is 10.5 Å². The van der Waals surface area contributed by atoms with Crippen LogP contribution in [0, 0.1) is 10.1 Å². The van der Waals surface area contributed by atoms with Crippen molar-refractivity contribution in [1.29, 1.82) is 0 Å². The molecule has 13 heteroatoms. The Bertz CT molecular complexity index is 1050. The van der Waals surface area contributed by atoms with Crippen molar-refractivity contribution in [3.63, 3.8) is 0 Å². The van der Waals surface area contributed by atoms with E-state index in [-0.39, 0.29) is 6.61 Å². The molecule has 0 heterocycles. The van der Waals surface area contributed by atoms with Crippen molar-refractivity contribution in [1.82, 2.24) is 10.0 Å². The van der Waals surface area contributed by atoms with Crippen molar-refractivity contribution in [2.45, 2.75) is 23.4 Å². The fraction of sp³-hybridized carbons (Fsp3) is 0.350. The summed E-state index contributed by atoms with van der Waals surface area (Å²) in [6.45, 7) is -1.24. The van der Waals surface area contributed by atoms with Gasteiger partial charge < -0.3 is 24.6 Å². The Morgan fingerprint density at radius 1 is 1.09 bits per heavy atom. The van der Waals surface area contributed by atoms with E-state index in [1.165, 1.54) is 26.4 Å². The summed E-state index contributed by atoms with van der Waals surface area (Å²) in [5, 5.41) is 24.5. The van der Waals surface area contributed by atoms with Crippen molar-refractivity contribution in [3.8, 4) is 0 Å². The number of carbonyl (C=O) groups is 1. The van der Waals surface area contributed by atoms with E-state index >= 15 is 0 Å². The number of sulfonamides is 1. The van der Waals surface area contributed by atoms with Crippen molar-refractivity contribution < 1.29 is 37.5 Å². The third-order valence-corrected chi connectivity index (χ3v) is 5.99. The fourth-order valence-electron chi connectivity index (χ4n) is 2.90. The molecule has 1 atom stereocenters. The van der Waals surface area contributed by atoms with Crippen LogP contribution in [0.25, 0.3) is 0 Å². The first kappa shape index (κ1) is 26.2. The Morgan fingerprint density at radius 2 is 1.70 bits per heavy atom. The quantitative estimate of drug-likeness (QED) is 0.228. The number of benzene rings is 2. The number of nitro groups is 1. The minimum atomic E-state index is -4.41. The van der Waals surface area contributed by atoms with Gasteiger partial charge in [0.2, 0.25) is 10.0 Å². The monoisotopic (exact) mass is 483 g/mol. The number of nitrogens with one attached hydrogen (secondary N) is 2. The molecule has 0 aliphatic rings. The van der Waals surface area contributed by atoms with Gasteiger partial charge in [0.25, 0.3) is 5.69 Å². The molecule has 33 heavy (non-hydrogen) atoms. The van der Waals surface area contributed by atoms with E-state index in [2.05, 4.69) is 10.0 Å². The number of methoxy groups -OCH3 is 2. The highest BCUT2D eigenvalue weighted by Gasteiger charge is 2.40. The summed E-state index contributed by atoms with van der Waals surface area (Å²) in [5.41, 5.74) is -1.98. The third kappa shape index (κ3) is 7.20. The Labute approximate surface area is 190 Å². The highest BCUT2D eigenvalue weighted by atomic mass is 32.2. The number of nitrogens with zero attached hydrogens (tertiary/aromatic N) is 1. The molecular formula is C20H25N3O9S. The van der Waals surface area contributed by atoms with Crippen LogP contribution in [0.15, 0.2) is 59.5 Å². The lowest BCUT2D eigenvalue weighted by atomic mass is 10.0. The number of alkyl carbamates (subject to hydrolysis) is 1. The van der Waals surface area contributed by atoms with Crippen LogP contribution in [0.3, 0.4) is 0 Å². The molecule has 0 unspecified atom stereocenters. The smallest absolute Gasteiger partial charge is 0.407 e. The van der Waals surface area contributed by atoms with Gasteiger partial charge in [0.1, 0.15) is 12.2 Å². The Hall–Kier alpha value is -3.10. The summed E-state index contributed by atoms with van der Waals surface area (Å²) < 4.78 is 42.6. The van der Waals surface area contributed by atoms with E-state index in [0.717, 1.165) is 17.7 Å². The predicted molar refractivity (Wildman–Crippen MR) is 116 cm³/mol. The van der Waals surface area contributed by atoms with Crippen LogP contribution in [0.5, 0.6) is 0 Å². The molecule has 0 radical (unpaired) electrons. The molecule has 0 saturated heterocycles. The van der Waals surface area contributed by atoms with Gasteiger partial charge in [0.15, 0.2) is 11.2 Å². The van der Waals surface area contributed by atoms with E-state index in [4.69, 9.17) is 14.2 Å². The maximum absolute atomic E-state index is 12.7. The van der Waals surface area contributed by atoms with Gasteiger partial charge in [-0.15, -0.1) is 0 Å². The number of nitro benzene ring substituents is 1. The lowest BCUT2D eigenvalue weighted by molar-refractivity contribution is -0.387. The summed E-state index contributed by atoms with van der Waals surface area (Å²) in [6.07, 6.45) is -2.23. The molecule has 0 fully saturated rings. The number of amides is 1. The molecule has 0 aromatic heterocycles. The average Bonchev–Trinajstić information content (AvgIpc) is 2.81. The predicted octanol–water partition coefficient (Wildman–Crippen LogP) is 1.15. The zero-order valence-corrected chi connectivity index (χ0v) is 18.8. The number of hydrogen-bond donors (Lipinski definition) is 3. The fourth-order valence-corrected chi connectivity index (χ4v) is 4.17. The molecule has 2 rings (SSSR count). The Kier molecular flexibility index (Phi) is 9.25. The molecule has 180 valence electrons. The topological polar surface area (TPSA) is 166 Å². The SMILES string of the molecule is COC(OC)[C@@](O)(CNC(=O)OCc1ccccc1)CNS(=O)(=O)c1ccccc1[N+](=O)[O-]. The van der Waals surface area contributed by atoms with E-state index in [1.54, 1.807) is 24.3 Å². The minimum absolute atomic E-state index is 0.0204. The van der Waals surface area contributed by atoms with Gasteiger partial charge in [-0.05, 0) is 11.6 Å². The lowest BCUT2D eigenvalue weighted by Crippen LogP contribution is -2.59. The van der Waals surface area contributed by atoms with Gasteiger partial charge in [-0.3, -0.25) is 10.1 Å². The van der Waals surface area contributed by atoms with Gasteiger partial charge >= 0.3 is 6.09 Å². The van der Waals surface area contributed by atoms with Gasteiger partial charge in [0, 0.05) is 26.8 Å². The molecular weight excluding hydrogens is 458 g/mol. The summed E-state index contributed by atoms with van der Waals surface area (Å²) in [6, 6.07) is 13.6. The van der Waals surface area contributed by atoms with E-state index in [1.807, 2.05) is 6.07 Å². The molecule has 0 bridgehead atoms. The number of hydrogen-bond acceptors (Lipinski definition) is 9. The highest BCUT2D eigenvalue weighted by Crippen LogP contribution is 2.23. The Morgan fingerprint density at radius 3 is 2.30 bits per heavy atom. The lowest BCUT2D eigenvalue weighted by Gasteiger charge is -2.34. The van der Waals surface area contributed by atoms with Crippen molar-refractivity contribution in [2.75, 3.05) is 27.3 Å². The summed E-state index contributed by atoms with van der Waals surface area (Å²) >= 11 is 0. The first-order valence-electron chi connectivity index (χ1n) is 9.58. The first-order chi connectivity index (χ1) is 15.6. The minimum Gasteiger partial charge on any atom is -0.445 e. The average molecular weight is 483 g/mol. The summed E-state index contributed by atoms with van der Waals surface area (Å²) in [4.78, 5) is 21.8. The van der Waals surface area contributed by atoms with Crippen molar-refractivity contribution >= 4 is 21.8 Å². The standard InChI is InChI=1S/C20H25N3O9S/c1-30-18(31-2)20(25,13-21-19(24)32-12-15-8-4-3-5-9-15)14-22-33(28,29)17-11-7-6-10-16(17)23(26)27/h3-11,18,22,25H,12-14H2,1-2H3,(H,21,24)/t20-/m1/s1. The summed E-state index contributed by atoms with van der Waals surface area (Å²) in [7, 11) is -1.99.